The van der Waals surface area contributed by atoms with Crippen molar-refractivity contribution in [2.24, 2.45) is 7.05 Å². The van der Waals surface area contributed by atoms with Crippen LogP contribution in [0.4, 0.5) is 4.79 Å². The van der Waals surface area contributed by atoms with Gasteiger partial charge in [-0.25, -0.2) is 22.9 Å². The number of benzene rings is 1. The molecule has 37 heavy (non-hydrogen) atoms. The maximum Gasteiger partial charge on any atom is 0.317 e. The van der Waals surface area contributed by atoms with Crippen LogP contribution in [0.5, 0.6) is 0 Å². The third-order valence-corrected chi connectivity index (χ3v) is 8.33. The minimum atomic E-state index is -3.53. The van der Waals surface area contributed by atoms with Crippen LogP contribution < -0.4 is 10.0 Å². The molecule has 0 bridgehead atoms. The number of aromatic nitrogens is 3. The van der Waals surface area contributed by atoms with Crippen LogP contribution in [0.25, 0.3) is 0 Å². The summed E-state index contributed by atoms with van der Waals surface area (Å²) >= 11 is 0. The van der Waals surface area contributed by atoms with Crippen molar-refractivity contribution in [3.63, 3.8) is 0 Å². The maximum atomic E-state index is 13.0. The zero-order valence-electron chi connectivity index (χ0n) is 22.5. The van der Waals surface area contributed by atoms with Gasteiger partial charge in [0.25, 0.3) is 0 Å². The standard InChI is InChI=1S/C26H43N7O3S/c1-4-32(5-2)17-12-20-37(35,36)30-23(16-15-22-13-8-6-9-14-22)25-28-24(29-31(25)3)21-27-26(34)33-18-10-7-11-19-33/h6,8-9,13-14,23,30H,4-5,7,10-12,15-21H2,1-3H3,(H,27,34)/t23-/m1/s1. The minimum absolute atomic E-state index is 0.0575. The van der Waals surface area contributed by atoms with Gasteiger partial charge in [-0.05, 0) is 63.7 Å². The number of likely N-dealkylation sites (tertiary alicyclic amines) is 1. The Bertz CT molecular complexity index is 1070. The van der Waals surface area contributed by atoms with Gasteiger partial charge in [0.1, 0.15) is 5.82 Å². The summed E-state index contributed by atoms with van der Waals surface area (Å²) in [4.78, 5) is 21.2. The molecule has 11 heteroatoms. The third-order valence-electron chi connectivity index (χ3n) is 6.86. The molecule has 1 aromatic carbocycles. The van der Waals surface area contributed by atoms with Crippen molar-refractivity contribution in [3.8, 4) is 0 Å². The lowest BCUT2D eigenvalue weighted by atomic mass is 10.1. The van der Waals surface area contributed by atoms with Crippen molar-refractivity contribution < 1.29 is 13.2 Å². The van der Waals surface area contributed by atoms with E-state index in [1.165, 1.54) is 0 Å². The van der Waals surface area contributed by atoms with E-state index in [2.05, 4.69) is 38.9 Å². The molecule has 0 saturated carbocycles. The van der Waals surface area contributed by atoms with Gasteiger partial charge in [-0.2, -0.15) is 5.10 Å². The molecule has 1 aliphatic heterocycles. The number of hydrogen-bond donors (Lipinski definition) is 2. The number of urea groups is 1. The highest BCUT2D eigenvalue weighted by Gasteiger charge is 2.25. The molecule has 2 N–H and O–H groups in total. The first kappa shape index (κ1) is 29.1. The highest BCUT2D eigenvalue weighted by molar-refractivity contribution is 7.89. The SMILES string of the molecule is CCN(CC)CCCS(=O)(=O)N[C@H](CCc1ccccc1)c1nc(CNC(=O)N2CCCCC2)nn1C. The monoisotopic (exact) mass is 533 g/mol. The van der Waals surface area contributed by atoms with E-state index in [1.807, 2.05) is 35.2 Å². The Kier molecular flexibility index (Phi) is 11.3. The van der Waals surface area contributed by atoms with Crippen LogP contribution in [0.15, 0.2) is 30.3 Å². The van der Waals surface area contributed by atoms with Gasteiger partial charge in [-0.3, -0.25) is 4.68 Å². The molecule has 1 aromatic heterocycles. The molecule has 10 nitrogen and oxygen atoms in total. The molecule has 3 rings (SSSR count). The summed E-state index contributed by atoms with van der Waals surface area (Å²) in [6.45, 7) is 8.44. The Labute approximate surface area is 221 Å². The molecule has 206 valence electrons. The molecule has 0 aliphatic carbocycles. The summed E-state index contributed by atoms with van der Waals surface area (Å²) in [5.41, 5.74) is 1.13. The first-order valence-corrected chi connectivity index (χ1v) is 15.2. The highest BCUT2D eigenvalue weighted by Crippen LogP contribution is 2.19. The second kappa shape index (κ2) is 14.4. The van der Waals surface area contributed by atoms with E-state index in [0.717, 1.165) is 57.5 Å². The first-order chi connectivity index (χ1) is 17.8. The number of hydrogen-bond acceptors (Lipinski definition) is 6. The number of sulfonamides is 1. The lowest BCUT2D eigenvalue weighted by molar-refractivity contribution is 0.186. The number of carbonyl (C=O) groups excluding carboxylic acids is 1. The van der Waals surface area contributed by atoms with Crippen molar-refractivity contribution in [2.45, 2.75) is 65.0 Å². The largest absolute Gasteiger partial charge is 0.331 e. The number of piperidine rings is 1. The van der Waals surface area contributed by atoms with Gasteiger partial charge in [0.05, 0.1) is 18.3 Å². The Balaban J connectivity index is 1.68. The smallest absolute Gasteiger partial charge is 0.317 e. The normalized spacial score (nSPS) is 15.2. The molecule has 2 heterocycles. The third kappa shape index (κ3) is 9.39. The summed E-state index contributed by atoms with van der Waals surface area (Å²) < 4.78 is 30.6. The Hall–Kier alpha value is -2.50. The Morgan fingerprint density at radius 2 is 1.81 bits per heavy atom. The van der Waals surface area contributed by atoms with Crippen molar-refractivity contribution in [1.82, 2.24) is 34.6 Å². The van der Waals surface area contributed by atoms with E-state index in [1.54, 1.807) is 11.7 Å². The van der Waals surface area contributed by atoms with Gasteiger partial charge >= 0.3 is 6.03 Å². The Morgan fingerprint density at radius 1 is 1.11 bits per heavy atom. The van der Waals surface area contributed by atoms with Crippen LogP contribution in [0.2, 0.25) is 0 Å². The highest BCUT2D eigenvalue weighted by atomic mass is 32.2. The number of amides is 2. The van der Waals surface area contributed by atoms with Crippen molar-refractivity contribution in [3.05, 3.63) is 47.5 Å². The predicted octanol–water partition coefficient (Wildman–Crippen LogP) is 2.84. The fraction of sp³-hybridized carbons (Fsp3) is 0.654. The number of rotatable bonds is 14. The average Bonchev–Trinajstić information content (AvgIpc) is 3.29. The van der Waals surface area contributed by atoms with Gasteiger partial charge in [0, 0.05) is 20.1 Å². The molecule has 1 atom stereocenters. The second-order valence-corrected chi connectivity index (χ2v) is 11.5. The summed E-state index contributed by atoms with van der Waals surface area (Å²) in [6.07, 6.45) is 5.02. The average molecular weight is 534 g/mol. The zero-order chi connectivity index (χ0) is 26.7. The summed E-state index contributed by atoms with van der Waals surface area (Å²) in [5.74, 6) is 1.07. The quantitative estimate of drug-likeness (QED) is 0.386. The van der Waals surface area contributed by atoms with Gasteiger partial charge in [0.2, 0.25) is 10.0 Å². The number of aryl methyl sites for hydroxylation is 2. The van der Waals surface area contributed by atoms with Crippen LogP contribution in [-0.2, 0) is 30.0 Å². The Morgan fingerprint density at radius 3 is 2.49 bits per heavy atom. The van der Waals surface area contributed by atoms with Gasteiger partial charge in [-0.15, -0.1) is 0 Å². The molecule has 0 unspecified atom stereocenters. The van der Waals surface area contributed by atoms with Gasteiger partial charge in [0.15, 0.2) is 5.82 Å². The summed E-state index contributed by atoms with van der Waals surface area (Å²) in [5, 5.41) is 7.38. The minimum Gasteiger partial charge on any atom is -0.331 e. The van der Waals surface area contributed by atoms with Crippen molar-refractivity contribution in [1.29, 1.82) is 0 Å². The second-order valence-electron chi connectivity index (χ2n) is 9.61. The van der Waals surface area contributed by atoms with Gasteiger partial charge < -0.3 is 15.1 Å². The van der Waals surface area contributed by atoms with Crippen LogP contribution >= 0.6 is 0 Å². The van der Waals surface area contributed by atoms with Crippen LogP contribution in [0, 0.1) is 0 Å². The van der Waals surface area contributed by atoms with Gasteiger partial charge in [-0.1, -0.05) is 44.2 Å². The fourth-order valence-electron chi connectivity index (χ4n) is 4.68. The van der Waals surface area contributed by atoms with Crippen molar-refractivity contribution >= 4 is 16.1 Å². The first-order valence-electron chi connectivity index (χ1n) is 13.5. The van der Waals surface area contributed by atoms with Crippen LogP contribution in [0.3, 0.4) is 0 Å². The molecule has 1 aliphatic rings. The summed E-state index contributed by atoms with van der Waals surface area (Å²) in [6, 6.07) is 9.36. The molecular formula is C26H43N7O3S. The topological polar surface area (TPSA) is 112 Å². The molecule has 1 saturated heterocycles. The van der Waals surface area contributed by atoms with E-state index in [0.29, 0.717) is 30.9 Å². The lowest BCUT2D eigenvalue weighted by Gasteiger charge is -2.26. The van der Waals surface area contributed by atoms with E-state index in [9.17, 15) is 13.2 Å². The maximum absolute atomic E-state index is 13.0. The van der Waals surface area contributed by atoms with E-state index in [-0.39, 0.29) is 18.3 Å². The van der Waals surface area contributed by atoms with E-state index < -0.39 is 16.1 Å². The molecule has 0 spiro atoms. The van der Waals surface area contributed by atoms with E-state index >= 15 is 0 Å². The fourth-order valence-corrected chi connectivity index (χ4v) is 5.97. The molecule has 2 aromatic rings. The van der Waals surface area contributed by atoms with Crippen LogP contribution in [-0.4, -0.2) is 77.5 Å². The van der Waals surface area contributed by atoms with E-state index in [4.69, 9.17) is 0 Å². The number of carbonyl (C=O) groups is 1. The molecule has 1 fully saturated rings. The lowest BCUT2D eigenvalue weighted by Crippen LogP contribution is -2.42. The number of nitrogens with one attached hydrogen (secondary N) is 2. The molecular weight excluding hydrogens is 490 g/mol. The van der Waals surface area contributed by atoms with Crippen LogP contribution in [0.1, 0.15) is 69.2 Å². The van der Waals surface area contributed by atoms with Crippen molar-refractivity contribution in [2.75, 3.05) is 38.5 Å². The zero-order valence-corrected chi connectivity index (χ0v) is 23.3. The summed E-state index contributed by atoms with van der Waals surface area (Å²) in [7, 11) is -1.76. The molecule has 0 radical (unpaired) electrons. The predicted molar refractivity (Wildman–Crippen MR) is 145 cm³/mol. The number of nitrogens with zero attached hydrogens (tertiary/aromatic N) is 5. The molecule has 2 amide bonds.